The Balaban J connectivity index is 2.31. The quantitative estimate of drug-likeness (QED) is 0.677. The van der Waals surface area contributed by atoms with Gasteiger partial charge in [-0.25, -0.2) is 4.79 Å². The van der Waals surface area contributed by atoms with E-state index in [2.05, 4.69) is 9.72 Å². The SMILES string of the molecule is COC(=O)c1ccc(C(=O)c2cc(CC(C)O)ccc2C)nc1. The van der Waals surface area contributed by atoms with Crippen LogP contribution in [0.5, 0.6) is 0 Å². The normalized spacial score (nSPS) is 11.8. The van der Waals surface area contributed by atoms with Gasteiger partial charge in [-0.15, -0.1) is 0 Å². The number of aliphatic hydroxyl groups is 1. The van der Waals surface area contributed by atoms with Gasteiger partial charge in [0.05, 0.1) is 18.8 Å². The van der Waals surface area contributed by atoms with Gasteiger partial charge in [0.2, 0.25) is 5.78 Å². The van der Waals surface area contributed by atoms with Crippen molar-refractivity contribution >= 4 is 11.8 Å². The van der Waals surface area contributed by atoms with Crippen molar-refractivity contribution in [2.45, 2.75) is 26.4 Å². The Bertz CT molecular complexity index is 720. The Morgan fingerprint density at radius 3 is 2.57 bits per heavy atom. The Labute approximate surface area is 134 Å². The number of carbonyl (C=O) groups excluding carboxylic acids is 2. The van der Waals surface area contributed by atoms with Gasteiger partial charge in [0, 0.05) is 11.8 Å². The van der Waals surface area contributed by atoms with E-state index in [1.54, 1.807) is 13.0 Å². The van der Waals surface area contributed by atoms with Crippen molar-refractivity contribution in [2.75, 3.05) is 7.11 Å². The third-order valence-electron chi connectivity index (χ3n) is 3.49. The van der Waals surface area contributed by atoms with Gasteiger partial charge in [0.1, 0.15) is 5.69 Å². The second kappa shape index (κ2) is 7.15. The molecule has 0 spiro atoms. The van der Waals surface area contributed by atoms with Crippen LogP contribution in [-0.2, 0) is 11.2 Å². The predicted octanol–water partition coefficient (Wildman–Crippen LogP) is 2.33. The van der Waals surface area contributed by atoms with E-state index in [-0.39, 0.29) is 11.5 Å². The molecule has 23 heavy (non-hydrogen) atoms. The summed E-state index contributed by atoms with van der Waals surface area (Å²) in [6.07, 6.45) is 1.33. The largest absolute Gasteiger partial charge is 0.465 e. The molecule has 1 aromatic heterocycles. The minimum absolute atomic E-state index is 0.216. The van der Waals surface area contributed by atoms with E-state index in [4.69, 9.17) is 0 Å². The first-order valence-corrected chi connectivity index (χ1v) is 7.29. The van der Waals surface area contributed by atoms with E-state index in [0.29, 0.717) is 17.5 Å². The highest BCUT2D eigenvalue weighted by Gasteiger charge is 2.15. The number of esters is 1. The lowest BCUT2D eigenvalue weighted by atomic mass is 9.97. The summed E-state index contributed by atoms with van der Waals surface area (Å²) in [6.45, 7) is 3.55. The van der Waals surface area contributed by atoms with Crippen LogP contribution in [0.1, 0.15) is 44.5 Å². The van der Waals surface area contributed by atoms with E-state index in [0.717, 1.165) is 11.1 Å². The number of nitrogens with zero attached hydrogens (tertiary/aromatic N) is 1. The molecule has 2 rings (SSSR count). The zero-order valence-electron chi connectivity index (χ0n) is 13.4. The number of aryl methyl sites for hydroxylation is 1. The van der Waals surface area contributed by atoms with Gasteiger partial charge >= 0.3 is 5.97 Å². The summed E-state index contributed by atoms with van der Waals surface area (Å²) in [5.74, 6) is -0.710. The first kappa shape index (κ1) is 16.8. The number of pyridine rings is 1. The third-order valence-corrected chi connectivity index (χ3v) is 3.49. The lowest BCUT2D eigenvalue weighted by Crippen LogP contribution is -2.10. The van der Waals surface area contributed by atoms with Gasteiger partial charge in [-0.1, -0.05) is 12.1 Å². The van der Waals surface area contributed by atoms with Crippen molar-refractivity contribution in [3.63, 3.8) is 0 Å². The van der Waals surface area contributed by atoms with Crippen molar-refractivity contribution in [3.8, 4) is 0 Å². The number of aliphatic hydroxyl groups excluding tert-OH is 1. The molecule has 2 aromatic rings. The second-order valence-corrected chi connectivity index (χ2v) is 5.46. The number of aromatic nitrogens is 1. The number of methoxy groups -OCH3 is 1. The lowest BCUT2D eigenvalue weighted by Gasteiger charge is -2.09. The average molecular weight is 313 g/mol. The highest BCUT2D eigenvalue weighted by Crippen LogP contribution is 2.17. The summed E-state index contributed by atoms with van der Waals surface area (Å²) < 4.78 is 4.61. The summed E-state index contributed by atoms with van der Waals surface area (Å²) in [7, 11) is 1.29. The molecule has 0 fully saturated rings. The molecule has 1 unspecified atom stereocenters. The maximum absolute atomic E-state index is 12.6. The highest BCUT2D eigenvalue weighted by molar-refractivity contribution is 6.09. The van der Waals surface area contributed by atoms with Crippen molar-refractivity contribution in [1.29, 1.82) is 0 Å². The molecule has 0 aliphatic rings. The van der Waals surface area contributed by atoms with E-state index >= 15 is 0 Å². The average Bonchev–Trinajstić information content (AvgIpc) is 2.55. The number of ketones is 1. The smallest absolute Gasteiger partial charge is 0.339 e. The Kier molecular flexibility index (Phi) is 5.24. The highest BCUT2D eigenvalue weighted by atomic mass is 16.5. The second-order valence-electron chi connectivity index (χ2n) is 5.46. The zero-order valence-corrected chi connectivity index (χ0v) is 13.4. The van der Waals surface area contributed by atoms with Crippen LogP contribution in [0.3, 0.4) is 0 Å². The lowest BCUT2D eigenvalue weighted by molar-refractivity contribution is 0.0600. The Morgan fingerprint density at radius 2 is 2.00 bits per heavy atom. The fraction of sp³-hybridized carbons (Fsp3) is 0.278. The number of hydrogen-bond acceptors (Lipinski definition) is 5. The molecule has 5 nitrogen and oxygen atoms in total. The monoisotopic (exact) mass is 313 g/mol. The van der Waals surface area contributed by atoms with Crippen LogP contribution >= 0.6 is 0 Å². The Hall–Kier alpha value is -2.53. The molecule has 1 heterocycles. The number of carbonyl (C=O) groups is 2. The van der Waals surface area contributed by atoms with E-state index < -0.39 is 12.1 Å². The van der Waals surface area contributed by atoms with Crippen LogP contribution in [0, 0.1) is 6.92 Å². The Morgan fingerprint density at radius 1 is 1.26 bits per heavy atom. The fourth-order valence-corrected chi connectivity index (χ4v) is 2.29. The van der Waals surface area contributed by atoms with Gasteiger partial charge in [-0.3, -0.25) is 9.78 Å². The summed E-state index contributed by atoms with van der Waals surface area (Å²) in [5.41, 5.74) is 2.82. The third kappa shape index (κ3) is 4.02. The number of ether oxygens (including phenoxy) is 1. The molecule has 0 radical (unpaired) electrons. The molecule has 0 saturated carbocycles. The number of rotatable bonds is 5. The van der Waals surface area contributed by atoms with Crippen LogP contribution < -0.4 is 0 Å². The molecule has 0 amide bonds. The maximum Gasteiger partial charge on any atom is 0.339 e. The number of benzene rings is 1. The summed E-state index contributed by atoms with van der Waals surface area (Å²) in [5, 5.41) is 9.49. The predicted molar refractivity (Wildman–Crippen MR) is 85.6 cm³/mol. The molecule has 0 bridgehead atoms. The molecule has 120 valence electrons. The standard InChI is InChI=1S/C18H19NO4/c1-11-4-5-13(8-12(2)20)9-15(11)17(21)16-7-6-14(10-19-16)18(22)23-3/h4-7,9-10,12,20H,8H2,1-3H3. The maximum atomic E-state index is 12.6. The molecule has 1 atom stereocenters. The zero-order chi connectivity index (χ0) is 17.0. The summed E-state index contributed by atoms with van der Waals surface area (Å²) >= 11 is 0. The summed E-state index contributed by atoms with van der Waals surface area (Å²) in [6, 6.07) is 8.55. The molecule has 0 aliphatic carbocycles. The molecule has 1 N–H and O–H groups in total. The molecule has 0 aliphatic heterocycles. The van der Waals surface area contributed by atoms with Crippen molar-refractivity contribution in [3.05, 3.63) is 64.5 Å². The van der Waals surface area contributed by atoms with Crippen LogP contribution in [-0.4, -0.2) is 35.1 Å². The van der Waals surface area contributed by atoms with Crippen molar-refractivity contribution in [2.24, 2.45) is 0 Å². The van der Waals surface area contributed by atoms with Crippen LogP contribution in [0.15, 0.2) is 36.5 Å². The van der Waals surface area contributed by atoms with Crippen molar-refractivity contribution < 1.29 is 19.4 Å². The van der Waals surface area contributed by atoms with E-state index in [1.807, 2.05) is 19.1 Å². The number of hydrogen-bond donors (Lipinski definition) is 1. The fourth-order valence-electron chi connectivity index (χ4n) is 2.29. The van der Waals surface area contributed by atoms with Gasteiger partial charge in [0.25, 0.3) is 0 Å². The minimum atomic E-state index is -0.494. The van der Waals surface area contributed by atoms with Gasteiger partial charge < -0.3 is 9.84 Å². The molecule has 5 heteroatoms. The summed E-state index contributed by atoms with van der Waals surface area (Å²) in [4.78, 5) is 28.1. The van der Waals surface area contributed by atoms with Crippen LogP contribution in [0.2, 0.25) is 0 Å². The molecule has 1 aromatic carbocycles. The van der Waals surface area contributed by atoms with Crippen LogP contribution in [0.25, 0.3) is 0 Å². The molecule has 0 saturated heterocycles. The first-order valence-electron chi connectivity index (χ1n) is 7.29. The van der Waals surface area contributed by atoms with Crippen LogP contribution in [0.4, 0.5) is 0 Å². The molecular formula is C18H19NO4. The van der Waals surface area contributed by atoms with Crippen molar-refractivity contribution in [1.82, 2.24) is 4.98 Å². The van der Waals surface area contributed by atoms with E-state index in [1.165, 1.54) is 25.4 Å². The van der Waals surface area contributed by atoms with Gasteiger partial charge in [0.15, 0.2) is 0 Å². The van der Waals surface area contributed by atoms with E-state index in [9.17, 15) is 14.7 Å². The van der Waals surface area contributed by atoms with Gasteiger partial charge in [-0.2, -0.15) is 0 Å². The van der Waals surface area contributed by atoms with Gasteiger partial charge in [-0.05, 0) is 49.6 Å². The molecular weight excluding hydrogens is 294 g/mol. The topological polar surface area (TPSA) is 76.5 Å². The first-order chi connectivity index (χ1) is 10.9. The minimum Gasteiger partial charge on any atom is -0.465 e.